The van der Waals surface area contributed by atoms with E-state index in [1.54, 1.807) is 0 Å². The van der Waals surface area contributed by atoms with E-state index in [4.69, 9.17) is 15.2 Å². The van der Waals surface area contributed by atoms with Gasteiger partial charge in [0.25, 0.3) is 0 Å². The molecule has 0 saturated carbocycles. The van der Waals surface area contributed by atoms with Crippen molar-refractivity contribution in [3.8, 4) is 0 Å². The highest BCUT2D eigenvalue weighted by atomic mass is 16.5. The van der Waals surface area contributed by atoms with Crippen LogP contribution in [0.2, 0.25) is 0 Å². The van der Waals surface area contributed by atoms with Crippen molar-refractivity contribution in [2.75, 3.05) is 39.5 Å². The van der Waals surface area contributed by atoms with Crippen molar-refractivity contribution < 1.29 is 9.47 Å². The van der Waals surface area contributed by atoms with Gasteiger partial charge >= 0.3 is 0 Å². The Balaban J connectivity index is 1.84. The fraction of sp³-hybridized carbons (Fsp3) is 0.750. The van der Waals surface area contributed by atoms with Gasteiger partial charge in [-0.3, -0.25) is 4.99 Å². The number of hydrogen-bond donors (Lipinski definition) is 1. The van der Waals surface area contributed by atoms with E-state index in [0.717, 1.165) is 45.9 Å². The van der Waals surface area contributed by atoms with Gasteiger partial charge in [0.15, 0.2) is 5.96 Å². The first-order chi connectivity index (χ1) is 8.31. The lowest BCUT2D eigenvalue weighted by atomic mass is 10.0. The van der Waals surface area contributed by atoms with E-state index in [-0.39, 0.29) is 6.10 Å². The van der Waals surface area contributed by atoms with Crippen molar-refractivity contribution in [3.05, 3.63) is 12.7 Å². The summed E-state index contributed by atoms with van der Waals surface area (Å²) in [7, 11) is 0. The molecule has 0 aromatic heterocycles. The largest absolute Gasteiger partial charge is 0.378 e. The summed E-state index contributed by atoms with van der Waals surface area (Å²) in [4.78, 5) is 6.54. The Morgan fingerprint density at radius 2 is 2.18 bits per heavy atom. The molecule has 0 amide bonds. The zero-order valence-corrected chi connectivity index (χ0v) is 10.2. The maximum atomic E-state index is 5.97. The van der Waals surface area contributed by atoms with Gasteiger partial charge in [0.2, 0.25) is 0 Å². The average Bonchev–Trinajstić information content (AvgIpc) is 2.84. The number of guanidine groups is 1. The van der Waals surface area contributed by atoms with Gasteiger partial charge in [0, 0.05) is 32.2 Å². The second kappa shape index (κ2) is 6.02. The van der Waals surface area contributed by atoms with Crippen LogP contribution in [0.25, 0.3) is 0 Å². The summed E-state index contributed by atoms with van der Waals surface area (Å²) in [6.45, 7) is 8.44. The molecule has 17 heavy (non-hydrogen) atoms. The first-order valence-corrected chi connectivity index (χ1v) is 6.18. The molecule has 0 bridgehead atoms. The minimum absolute atomic E-state index is 0.135. The predicted octanol–water partition coefficient (Wildman–Crippen LogP) is 0.224. The summed E-state index contributed by atoms with van der Waals surface area (Å²) in [6.07, 6.45) is 3.03. The highest BCUT2D eigenvalue weighted by molar-refractivity contribution is 5.78. The maximum absolute atomic E-state index is 5.97. The first-order valence-electron chi connectivity index (χ1n) is 6.18. The lowest BCUT2D eigenvalue weighted by molar-refractivity contribution is 0.0673. The van der Waals surface area contributed by atoms with Crippen LogP contribution in [0, 0.1) is 5.92 Å². The lowest BCUT2D eigenvalue weighted by Crippen LogP contribution is -2.45. The molecule has 2 atom stereocenters. The van der Waals surface area contributed by atoms with Gasteiger partial charge in [-0.1, -0.05) is 6.08 Å². The van der Waals surface area contributed by atoms with E-state index >= 15 is 0 Å². The molecule has 5 nitrogen and oxygen atoms in total. The Hall–Kier alpha value is -1.07. The van der Waals surface area contributed by atoms with E-state index in [9.17, 15) is 0 Å². The van der Waals surface area contributed by atoms with Crippen molar-refractivity contribution in [2.24, 2.45) is 16.6 Å². The molecule has 0 aliphatic carbocycles. The fourth-order valence-corrected chi connectivity index (χ4v) is 2.21. The topological polar surface area (TPSA) is 60.1 Å². The molecule has 2 aliphatic heterocycles. The quantitative estimate of drug-likeness (QED) is 0.435. The van der Waals surface area contributed by atoms with E-state index < -0.39 is 0 Å². The number of morpholine rings is 1. The standard InChI is InChI=1S/C12H21N3O2/c1-2-11-10(3-6-17-11)9-14-12(13)15-4-7-16-8-5-15/h2,10-11H,1,3-9H2,(H2,13,14)/t10-,11-/m0/s1. The van der Waals surface area contributed by atoms with Crippen LogP contribution in [0.3, 0.4) is 0 Å². The van der Waals surface area contributed by atoms with Crippen LogP contribution >= 0.6 is 0 Å². The number of ether oxygens (including phenoxy) is 2. The third kappa shape index (κ3) is 3.20. The number of hydrogen-bond acceptors (Lipinski definition) is 3. The Bertz CT molecular complexity index is 287. The highest BCUT2D eigenvalue weighted by Crippen LogP contribution is 2.21. The van der Waals surface area contributed by atoms with Gasteiger partial charge in [-0.25, -0.2) is 0 Å². The maximum Gasteiger partial charge on any atom is 0.191 e. The summed E-state index contributed by atoms with van der Waals surface area (Å²) in [5.74, 6) is 1.05. The van der Waals surface area contributed by atoms with Crippen LogP contribution in [0.5, 0.6) is 0 Å². The lowest BCUT2D eigenvalue weighted by Gasteiger charge is -2.27. The van der Waals surface area contributed by atoms with Gasteiger partial charge in [0.1, 0.15) is 0 Å². The molecule has 96 valence electrons. The monoisotopic (exact) mass is 239 g/mol. The van der Waals surface area contributed by atoms with Crippen LogP contribution in [0.4, 0.5) is 0 Å². The van der Waals surface area contributed by atoms with Crippen LogP contribution < -0.4 is 5.73 Å². The number of nitrogens with zero attached hydrogens (tertiary/aromatic N) is 2. The van der Waals surface area contributed by atoms with Gasteiger partial charge in [0.05, 0.1) is 19.3 Å². The Morgan fingerprint density at radius 3 is 2.88 bits per heavy atom. The molecule has 0 aromatic carbocycles. The Morgan fingerprint density at radius 1 is 1.41 bits per heavy atom. The van der Waals surface area contributed by atoms with Crippen molar-refractivity contribution in [1.29, 1.82) is 0 Å². The molecule has 0 radical (unpaired) electrons. The van der Waals surface area contributed by atoms with Crippen molar-refractivity contribution in [3.63, 3.8) is 0 Å². The molecule has 2 aliphatic rings. The van der Waals surface area contributed by atoms with Crippen molar-refractivity contribution in [2.45, 2.75) is 12.5 Å². The van der Waals surface area contributed by atoms with E-state index in [2.05, 4.69) is 16.5 Å². The normalized spacial score (nSPS) is 30.6. The van der Waals surface area contributed by atoms with E-state index in [0.29, 0.717) is 11.9 Å². The van der Waals surface area contributed by atoms with Crippen LogP contribution in [-0.2, 0) is 9.47 Å². The molecule has 2 fully saturated rings. The molecule has 0 unspecified atom stereocenters. The third-order valence-corrected chi connectivity index (χ3v) is 3.32. The SMILES string of the molecule is C=C[C@@H]1OCC[C@H]1CN=C(N)N1CCOCC1. The summed E-state index contributed by atoms with van der Waals surface area (Å²) < 4.78 is 10.8. The molecule has 2 rings (SSSR count). The van der Waals surface area contributed by atoms with Gasteiger partial charge in [-0.15, -0.1) is 6.58 Å². The highest BCUT2D eigenvalue weighted by Gasteiger charge is 2.25. The minimum atomic E-state index is 0.135. The zero-order chi connectivity index (χ0) is 12.1. The second-order valence-electron chi connectivity index (χ2n) is 4.42. The van der Waals surface area contributed by atoms with Crippen LogP contribution in [-0.4, -0.2) is 56.4 Å². The molecule has 5 heteroatoms. The molecule has 2 heterocycles. The van der Waals surface area contributed by atoms with Crippen molar-refractivity contribution in [1.82, 2.24) is 4.90 Å². The van der Waals surface area contributed by atoms with Gasteiger partial charge in [-0.05, 0) is 6.42 Å². The van der Waals surface area contributed by atoms with E-state index in [1.807, 2.05) is 6.08 Å². The molecule has 2 N–H and O–H groups in total. The molecular weight excluding hydrogens is 218 g/mol. The van der Waals surface area contributed by atoms with Crippen molar-refractivity contribution >= 4 is 5.96 Å². The molecule has 2 saturated heterocycles. The minimum Gasteiger partial charge on any atom is -0.378 e. The van der Waals surface area contributed by atoms with Crippen LogP contribution in [0.1, 0.15) is 6.42 Å². The molecular formula is C12H21N3O2. The number of rotatable bonds is 3. The third-order valence-electron chi connectivity index (χ3n) is 3.32. The average molecular weight is 239 g/mol. The zero-order valence-electron chi connectivity index (χ0n) is 10.2. The van der Waals surface area contributed by atoms with E-state index in [1.165, 1.54) is 0 Å². The smallest absolute Gasteiger partial charge is 0.191 e. The Labute approximate surface area is 102 Å². The fourth-order valence-electron chi connectivity index (χ4n) is 2.21. The Kier molecular flexibility index (Phi) is 4.39. The van der Waals surface area contributed by atoms with Gasteiger partial charge in [-0.2, -0.15) is 0 Å². The summed E-state index contributed by atoms with van der Waals surface area (Å²) >= 11 is 0. The number of aliphatic imine (C=N–C) groups is 1. The van der Waals surface area contributed by atoms with Gasteiger partial charge < -0.3 is 20.1 Å². The summed E-state index contributed by atoms with van der Waals surface area (Å²) in [6, 6.07) is 0. The number of nitrogens with two attached hydrogens (primary N) is 1. The molecule has 0 spiro atoms. The summed E-state index contributed by atoms with van der Waals surface area (Å²) in [5.41, 5.74) is 5.97. The second-order valence-corrected chi connectivity index (χ2v) is 4.42. The van der Waals surface area contributed by atoms with Crippen LogP contribution in [0.15, 0.2) is 17.6 Å². The predicted molar refractivity (Wildman–Crippen MR) is 66.9 cm³/mol. The summed E-state index contributed by atoms with van der Waals surface area (Å²) in [5, 5.41) is 0. The molecule has 0 aromatic rings. The first kappa shape index (κ1) is 12.4.